The maximum atomic E-state index is 13.7. The smallest absolute Gasteiger partial charge is 0.131 e. The summed E-state index contributed by atoms with van der Waals surface area (Å²) >= 11 is 0. The van der Waals surface area contributed by atoms with E-state index >= 15 is 0 Å². The first-order valence-electron chi connectivity index (χ1n) is 8.94. The molecule has 0 bridgehead atoms. The molecule has 150 valence electrons. The SMILES string of the molecule is COc1cc(F)ccc1-c1c(-c2ccccc2)ncn1C[C@H]1CCCN1.Cl.Cl. The summed E-state index contributed by atoms with van der Waals surface area (Å²) in [6.45, 7) is 1.88. The molecule has 0 spiro atoms. The van der Waals surface area contributed by atoms with E-state index in [1.165, 1.54) is 18.6 Å². The molecule has 0 saturated carbocycles. The van der Waals surface area contributed by atoms with E-state index in [1.54, 1.807) is 13.2 Å². The molecule has 1 fully saturated rings. The van der Waals surface area contributed by atoms with Gasteiger partial charge < -0.3 is 14.6 Å². The van der Waals surface area contributed by atoms with Crippen molar-refractivity contribution in [3.8, 4) is 28.3 Å². The van der Waals surface area contributed by atoms with Gasteiger partial charge in [0.2, 0.25) is 0 Å². The van der Waals surface area contributed by atoms with Crippen LogP contribution in [0.2, 0.25) is 0 Å². The van der Waals surface area contributed by atoms with Crippen molar-refractivity contribution in [2.75, 3.05) is 13.7 Å². The molecule has 4 rings (SSSR count). The van der Waals surface area contributed by atoms with Gasteiger partial charge in [0.15, 0.2) is 0 Å². The molecule has 1 saturated heterocycles. The molecule has 0 unspecified atom stereocenters. The summed E-state index contributed by atoms with van der Waals surface area (Å²) in [4.78, 5) is 4.69. The Morgan fingerprint density at radius 2 is 1.96 bits per heavy atom. The molecule has 1 N–H and O–H groups in total. The van der Waals surface area contributed by atoms with Crippen LogP contribution in [0.4, 0.5) is 4.39 Å². The second-order valence-corrected chi connectivity index (χ2v) is 6.60. The maximum Gasteiger partial charge on any atom is 0.131 e. The molecule has 3 aromatic rings. The quantitative estimate of drug-likeness (QED) is 0.629. The minimum Gasteiger partial charge on any atom is -0.496 e. The van der Waals surface area contributed by atoms with E-state index in [4.69, 9.17) is 4.74 Å². The van der Waals surface area contributed by atoms with Gasteiger partial charge in [-0.15, -0.1) is 24.8 Å². The van der Waals surface area contributed by atoms with Crippen LogP contribution in [0.3, 0.4) is 0 Å². The lowest BCUT2D eigenvalue weighted by molar-refractivity contribution is 0.412. The Morgan fingerprint density at radius 3 is 2.64 bits per heavy atom. The monoisotopic (exact) mass is 423 g/mol. The van der Waals surface area contributed by atoms with Gasteiger partial charge in [0.05, 0.1) is 24.8 Å². The number of aromatic nitrogens is 2. The van der Waals surface area contributed by atoms with E-state index < -0.39 is 0 Å². The van der Waals surface area contributed by atoms with Gasteiger partial charge in [-0.25, -0.2) is 9.37 Å². The molecule has 1 atom stereocenters. The third-order valence-corrected chi connectivity index (χ3v) is 4.88. The normalized spacial score (nSPS) is 15.6. The first-order chi connectivity index (χ1) is 12.8. The summed E-state index contributed by atoms with van der Waals surface area (Å²) < 4.78 is 21.3. The average molecular weight is 424 g/mol. The molecule has 4 nitrogen and oxygen atoms in total. The fourth-order valence-electron chi connectivity index (χ4n) is 3.62. The van der Waals surface area contributed by atoms with Crippen molar-refractivity contribution in [2.24, 2.45) is 0 Å². The van der Waals surface area contributed by atoms with Crippen molar-refractivity contribution < 1.29 is 9.13 Å². The van der Waals surface area contributed by atoms with Gasteiger partial charge in [-0.2, -0.15) is 0 Å². The van der Waals surface area contributed by atoms with Crippen LogP contribution in [0.5, 0.6) is 5.75 Å². The van der Waals surface area contributed by atoms with E-state index in [2.05, 4.69) is 14.9 Å². The van der Waals surface area contributed by atoms with E-state index in [0.29, 0.717) is 11.8 Å². The highest BCUT2D eigenvalue weighted by Gasteiger charge is 2.22. The summed E-state index contributed by atoms with van der Waals surface area (Å²) in [5, 5.41) is 3.53. The van der Waals surface area contributed by atoms with Crippen LogP contribution < -0.4 is 10.1 Å². The Morgan fingerprint density at radius 1 is 1.18 bits per heavy atom. The number of halogens is 3. The van der Waals surface area contributed by atoms with Crippen LogP contribution in [0.25, 0.3) is 22.5 Å². The van der Waals surface area contributed by atoms with Gasteiger partial charge >= 0.3 is 0 Å². The average Bonchev–Trinajstić information content (AvgIpc) is 3.33. The van der Waals surface area contributed by atoms with Crippen LogP contribution >= 0.6 is 24.8 Å². The Balaban J connectivity index is 0.00000140. The Hall–Kier alpha value is -2.08. The number of hydrogen-bond acceptors (Lipinski definition) is 3. The highest BCUT2D eigenvalue weighted by Crippen LogP contribution is 2.37. The number of imidazole rings is 1. The molecule has 1 aliphatic rings. The van der Waals surface area contributed by atoms with Gasteiger partial charge in [-0.05, 0) is 31.5 Å². The summed E-state index contributed by atoms with van der Waals surface area (Å²) in [5.41, 5.74) is 3.73. The van der Waals surface area contributed by atoms with Gasteiger partial charge in [0.25, 0.3) is 0 Å². The fraction of sp³-hybridized carbons (Fsp3) is 0.286. The summed E-state index contributed by atoms with van der Waals surface area (Å²) in [7, 11) is 1.57. The van der Waals surface area contributed by atoms with Crippen LogP contribution in [0, 0.1) is 5.82 Å². The number of methoxy groups -OCH3 is 1. The molecule has 1 aliphatic heterocycles. The lowest BCUT2D eigenvalue weighted by Gasteiger charge is -2.17. The molecule has 0 amide bonds. The van der Waals surface area contributed by atoms with E-state index in [1.807, 2.05) is 36.7 Å². The number of ether oxygens (including phenoxy) is 1. The largest absolute Gasteiger partial charge is 0.496 e. The van der Waals surface area contributed by atoms with Gasteiger partial charge in [-0.1, -0.05) is 30.3 Å². The first-order valence-corrected chi connectivity index (χ1v) is 8.94. The fourth-order valence-corrected chi connectivity index (χ4v) is 3.62. The third-order valence-electron chi connectivity index (χ3n) is 4.88. The zero-order valence-electron chi connectivity index (χ0n) is 15.6. The van der Waals surface area contributed by atoms with Crippen molar-refractivity contribution in [1.82, 2.24) is 14.9 Å². The van der Waals surface area contributed by atoms with Gasteiger partial charge in [0, 0.05) is 29.8 Å². The summed E-state index contributed by atoms with van der Waals surface area (Å²) in [6.07, 6.45) is 4.22. The Bertz CT molecular complexity index is 896. The maximum absolute atomic E-state index is 13.7. The number of rotatable bonds is 5. The van der Waals surface area contributed by atoms with Gasteiger partial charge in [0.1, 0.15) is 11.6 Å². The number of benzene rings is 2. The molecule has 2 heterocycles. The van der Waals surface area contributed by atoms with Crippen molar-refractivity contribution in [3.63, 3.8) is 0 Å². The van der Waals surface area contributed by atoms with Crippen molar-refractivity contribution >= 4 is 24.8 Å². The molecule has 2 aromatic carbocycles. The standard InChI is InChI=1S/C21H22FN3O.2ClH/c1-26-19-12-16(22)9-10-18(19)21-20(15-6-3-2-4-7-15)24-14-25(21)13-17-8-5-11-23-17;;/h2-4,6-7,9-10,12,14,17,23H,5,8,11,13H2,1H3;2*1H/t17-;;/m1../s1. The minimum absolute atomic E-state index is 0. The second kappa shape index (κ2) is 9.92. The zero-order valence-corrected chi connectivity index (χ0v) is 17.2. The third kappa shape index (κ3) is 4.49. The highest BCUT2D eigenvalue weighted by molar-refractivity contribution is 5.85. The topological polar surface area (TPSA) is 39.1 Å². The molecule has 0 aliphatic carbocycles. The Kier molecular flexibility index (Phi) is 7.87. The van der Waals surface area contributed by atoms with E-state index in [9.17, 15) is 4.39 Å². The molecular weight excluding hydrogens is 400 g/mol. The molecule has 1 aromatic heterocycles. The van der Waals surface area contributed by atoms with Crippen LogP contribution in [0.15, 0.2) is 54.9 Å². The van der Waals surface area contributed by atoms with E-state index in [-0.39, 0.29) is 30.6 Å². The lowest BCUT2D eigenvalue weighted by Crippen LogP contribution is -2.26. The molecular formula is C21H24Cl2FN3O. The van der Waals surface area contributed by atoms with Gasteiger partial charge in [-0.3, -0.25) is 0 Å². The number of nitrogens with one attached hydrogen (secondary N) is 1. The Labute approximate surface area is 177 Å². The van der Waals surface area contributed by atoms with Crippen molar-refractivity contribution in [2.45, 2.75) is 25.4 Å². The lowest BCUT2D eigenvalue weighted by atomic mass is 10.0. The molecule has 0 radical (unpaired) electrons. The summed E-state index contributed by atoms with van der Waals surface area (Å²) in [5.74, 6) is 0.207. The predicted octanol–water partition coefficient (Wildman–Crippen LogP) is 4.96. The van der Waals surface area contributed by atoms with E-state index in [0.717, 1.165) is 42.0 Å². The van der Waals surface area contributed by atoms with Crippen molar-refractivity contribution in [3.05, 3.63) is 60.7 Å². The molecule has 28 heavy (non-hydrogen) atoms. The highest BCUT2D eigenvalue weighted by atomic mass is 35.5. The first kappa shape index (κ1) is 22.2. The minimum atomic E-state index is -0.310. The van der Waals surface area contributed by atoms with Crippen LogP contribution in [-0.4, -0.2) is 29.2 Å². The van der Waals surface area contributed by atoms with Crippen LogP contribution in [-0.2, 0) is 6.54 Å². The van der Waals surface area contributed by atoms with Crippen molar-refractivity contribution in [1.29, 1.82) is 0 Å². The number of hydrogen-bond donors (Lipinski definition) is 1. The molecule has 7 heteroatoms. The van der Waals surface area contributed by atoms with Crippen LogP contribution in [0.1, 0.15) is 12.8 Å². The summed E-state index contributed by atoms with van der Waals surface area (Å²) in [6, 6.07) is 15.2. The predicted molar refractivity (Wildman–Crippen MR) is 115 cm³/mol. The number of nitrogens with zero attached hydrogens (tertiary/aromatic N) is 2. The second-order valence-electron chi connectivity index (χ2n) is 6.60. The zero-order chi connectivity index (χ0) is 17.9.